The highest BCUT2D eigenvalue weighted by Gasteiger charge is 2.35. The van der Waals surface area contributed by atoms with E-state index in [1.165, 1.54) is 5.56 Å². The Morgan fingerprint density at radius 3 is 2.48 bits per heavy atom. The molecule has 0 saturated carbocycles. The molecule has 2 aliphatic heterocycles. The van der Waals surface area contributed by atoms with Crippen LogP contribution < -0.4 is 10.6 Å². The maximum atomic E-state index is 13.0. The molecule has 0 spiro atoms. The van der Waals surface area contributed by atoms with E-state index in [4.69, 9.17) is 16.3 Å². The van der Waals surface area contributed by atoms with Gasteiger partial charge in [0.1, 0.15) is 0 Å². The van der Waals surface area contributed by atoms with Gasteiger partial charge in [0.15, 0.2) is 0 Å². The molecule has 0 aromatic heterocycles. The second-order valence-electron chi connectivity index (χ2n) is 8.57. The number of hydrogen-bond donors (Lipinski definition) is 2. The molecule has 33 heavy (non-hydrogen) atoms. The van der Waals surface area contributed by atoms with Crippen LogP contribution in [0.5, 0.6) is 0 Å². The van der Waals surface area contributed by atoms with E-state index in [9.17, 15) is 9.59 Å². The highest BCUT2D eigenvalue weighted by molar-refractivity contribution is 6.31. The van der Waals surface area contributed by atoms with Crippen LogP contribution in [0.4, 0.5) is 4.79 Å². The molecule has 2 aromatic carbocycles. The molecule has 2 amide bonds. The number of rotatable bonds is 7. The summed E-state index contributed by atoms with van der Waals surface area (Å²) in [5, 5.41) is 6.21. The summed E-state index contributed by atoms with van der Waals surface area (Å²) in [4.78, 5) is 27.8. The number of piperidine rings is 1. The molecule has 7 heteroatoms. The van der Waals surface area contributed by atoms with E-state index in [-0.39, 0.29) is 12.6 Å². The number of likely N-dealkylation sites (tertiary alicyclic amines) is 1. The summed E-state index contributed by atoms with van der Waals surface area (Å²) in [7, 11) is 0. The molecule has 6 nitrogen and oxygen atoms in total. The van der Waals surface area contributed by atoms with Crippen LogP contribution in [0.2, 0.25) is 5.02 Å². The van der Waals surface area contributed by atoms with Crippen LogP contribution in [0.25, 0.3) is 0 Å². The lowest BCUT2D eigenvalue weighted by Crippen LogP contribution is -2.49. The fourth-order valence-corrected chi connectivity index (χ4v) is 4.90. The topological polar surface area (TPSA) is 70.7 Å². The third-order valence-corrected chi connectivity index (χ3v) is 6.67. The summed E-state index contributed by atoms with van der Waals surface area (Å²) < 4.78 is 5.36. The van der Waals surface area contributed by atoms with Crippen molar-refractivity contribution < 1.29 is 14.3 Å². The van der Waals surface area contributed by atoms with Crippen molar-refractivity contribution in [3.8, 4) is 0 Å². The van der Waals surface area contributed by atoms with E-state index in [1.807, 2.05) is 24.3 Å². The number of nitrogens with zero attached hydrogens (tertiary/aromatic N) is 1. The van der Waals surface area contributed by atoms with Crippen molar-refractivity contribution in [1.82, 2.24) is 15.5 Å². The van der Waals surface area contributed by atoms with Crippen molar-refractivity contribution in [2.45, 2.75) is 32.2 Å². The molecule has 2 N–H and O–H groups in total. The first kappa shape index (κ1) is 23.3. The molecular weight excluding hydrogens is 438 g/mol. The van der Waals surface area contributed by atoms with E-state index in [0.29, 0.717) is 34.3 Å². The monoisotopic (exact) mass is 467 g/mol. The number of ether oxygens (including phenoxy) is 1. The molecule has 0 aliphatic carbocycles. The summed E-state index contributed by atoms with van der Waals surface area (Å²) in [6, 6.07) is 16.8. The summed E-state index contributed by atoms with van der Waals surface area (Å²) in [5.41, 5.74) is 3.05. The molecule has 1 atom stereocenters. The minimum atomic E-state index is -0.655. The van der Waals surface area contributed by atoms with Gasteiger partial charge in [0.2, 0.25) is 0 Å². The van der Waals surface area contributed by atoms with Gasteiger partial charge in [0.25, 0.3) is 0 Å². The van der Waals surface area contributed by atoms with Crippen molar-refractivity contribution >= 4 is 23.6 Å². The van der Waals surface area contributed by atoms with Crippen molar-refractivity contribution in [2.24, 2.45) is 5.92 Å². The fraction of sp³-hybridized carbons (Fsp3) is 0.385. The number of esters is 1. The van der Waals surface area contributed by atoms with Crippen molar-refractivity contribution in [3.05, 3.63) is 82.0 Å². The number of carbonyl (C=O) groups excluding carboxylic acids is 2. The van der Waals surface area contributed by atoms with E-state index >= 15 is 0 Å². The summed E-state index contributed by atoms with van der Waals surface area (Å²) in [5.74, 6) is 0.199. The van der Waals surface area contributed by atoms with Crippen LogP contribution in [0, 0.1) is 5.92 Å². The van der Waals surface area contributed by atoms with Gasteiger partial charge in [-0.25, -0.2) is 9.59 Å². The SMILES string of the molecule is CCOC(=O)C1=C(CN2CCC(Cc3ccccc3)CC2)NC(=O)N[C@H]1c1ccccc1Cl. The molecule has 0 radical (unpaired) electrons. The Hall–Kier alpha value is -2.83. The Bertz CT molecular complexity index is 1020. The average molecular weight is 468 g/mol. The molecule has 1 fully saturated rings. The summed E-state index contributed by atoms with van der Waals surface area (Å²) in [6.07, 6.45) is 3.24. The second kappa shape index (κ2) is 10.9. The Labute approximate surface area is 199 Å². The molecule has 0 unspecified atom stereocenters. The van der Waals surface area contributed by atoms with Gasteiger partial charge < -0.3 is 15.4 Å². The van der Waals surface area contributed by atoms with Gasteiger partial charge in [-0.1, -0.05) is 60.1 Å². The maximum absolute atomic E-state index is 13.0. The van der Waals surface area contributed by atoms with Gasteiger partial charge in [-0.05, 0) is 62.4 Å². The Morgan fingerprint density at radius 2 is 1.79 bits per heavy atom. The number of nitrogens with one attached hydrogen (secondary N) is 2. The van der Waals surface area contributed by atoms with Crippen LogP contribution in [-0.4, -0.2) is 43.1 Å². The Balaban J connectivity index is 1.52. The van der Waals surface area contributed by atoms with Gasteiger partial charge in [0.05, 0.1) is 18.2 Å². The third-order valence-electron chi connectivity index (χ3n) is 6.32. The van der Waals surface area contributed by atoms with Crippen LogP contribution in [-0.2, 0) is 16.0 Å². The molecule has 1 saturated heterocycles. The molecule has 2 aromatic rings. The van der Waals surface area contributed by atoms with Crippen molar-refractivity contribution in [3.63, 3.8) is 0 Å². The van der Waals surface area contributed by atoms with Crippen molar-refractivity contribution in [1.29, 1.82) is 0 Å². The minimum Gasteiger partial charge on any atom is -0.463 e. The van der Waals surface area contributed by atoms with Crippen LogP contribution in [0.3, 0.4) is 0 Å². The smallest absolute Gasteiger partial charge is 0.338 e. The number of benzene rings is 2. The molecule has 174 valence electrons. The average Bonchev–Trinajstić information content (AvgIpc) is 2.81. The molecule has 2 heterocycles. The first-order chi connectivity index (χ1) is 16.0. The second-order valence-corrected chi connectivity index (χ2v) is 8.98. The zero-order valence-corrected chi connectivity index (χ0v) is 19.6. The van der Waals surface area contributed by atoms with E-state index in [1.54, 1.807) is 13.0 Å². The zero-order chi connectivity index (χ0) is 23.2. The van der Waals surface area contributed by atoms with Crippen LogP contribution in [0.1, 0.15) is 36.9 Å². The minimum absolute atomic E-state index is 0.254. The highest BCUT2D eigenvalue weighted by atomic mass is 35.5. The normalized spacial score (nSPS) is 19.7. The first-order valence-corrected chi connectivity index (χ1v) is 11.9. The quantitative estimate of drug-likeness (QED) is 0.589. The lowest BCUT2D eigenvalue weighted by molar-refractivity contribution is -0.139. The van der Waals surface area contributed by atoms with Gasteiger partial charge in [-0.3, -0.25) is 4.90 Å². The molecular formula is C26H30ClN3O3. The summed E-state index contributed by atoms with van der Waals surface area (Å²) >= 11 is 6.42. The number of amides is 2. The predicted molar refractivity (Wildman–Crippen MR) is 129 cm³/mol. The zero-order valence-electron chi connectivity index (χ0n) is 18.9. The standard InChI is InChI=1S/C26H30ClN3O3/c1-2-33-25(31)23-22(28-26(32)29-24(23)20-10-6-7-11-21(20)27)17-30-14-12-19(13-15-30)16-18-8-4-3-5-9-18/h3-11,19,24H,2,12-17H2,1H3,(H2,28,29,32)/t24-/m0/s1. The Kier molecular flexibility index (Phi) is 7.68. The Morgan fingerprint density at radius 1 is 1.09 bits per heavy atom. The lowest BCUT2D eigenvalue weighted by Gasteiger charge is -2.35. The van der Waals surface area contributed by atoms with Gasteiger partial charge in [-0.2, -0.15) is 0 Å². The molecule has 2 aliphatic rings. The van der Waals surface area contributed by atoms with E-state index in [0.717, 1.165) is 32.4 Å². The largest absolute Gasteiger partial charge is 0.463 e. The highest BCUT2D eigenvalue weighted by Crippen LogP contribution is 2.33. The number of hydrogen-bond acceptors (Lipinski definition) is 4. The van der Waals surface area contributed by atoms with E-state index < -0.39 is 12.0 Å². The van der Waals surface area contributed by atoms with Crippen LogP contribution in [0.15, 0.2) is 65.9 Å². The third kappa shape index (κ3) is 5.75. The maximum Gasteiger partial charge on any atom is 0.338 e. The van der Waals surface area contributed by atoms with E-state index in [2.05, 4.69) is 39.8 Å². The molecule has 0 bridgehead atoms. The number of halogens is 1. The summed E-state index contributed by atoms with van der Waals surface area (Å²) in [6.45, 7) is 4.34. The van der Waals surface area contributed by atoms with Crippen LogP contribution >= 0.6 is 11.6 Å². The lowest BCUT2D eigenvalue weighted by atomic mass is 9.89. The first-order valence-electron chi connectivity index (χ1n) is 11.5. The van der Waals surface area contributed by atoms with Gasteiger partial charge >= 0.3 is 12.0 Å². The van der Waals surface area contributed by atoms with Gasteiger partial charge in [-0.15, -0.1) is 0 Å². The van der Waals surface area contributed by atoms with Gasteiger partial charge in [0, 0.05) is 17.3 Å². The number of urea groups is 1. The predicted octanol–water partition coefficient (Wildman–Crippen LogP) is 4.47. The van der Waals surface area contributed by atoms with Crippen molar-refractivity contribution in [2.75, 3.05) is 26.2 Å². The molecule has 4 rings (SSSR count). The fourth-order valence-electron chi connectivity index (χ4n) is 4.65. The number of carbonyl (C=O) groups is 2.